The molecule has 0 unspecified atom stereocenters. The molecular weight excluding hydrogens is 392 g/mol. The number of hydrogen-bond donors (Lipinski definition) is 3. The predicted molar refractivity (Wildman–Crippen MR) is 126 cm³/mol. The van der Waals surface area contributed by atoms with Gasteiger partial charge in [-0.3, -0.25) is 0 Å². The molecule has 1 aliphatic rings. The molecule has 1 fully saturated rings. The number of hydrogen-bond acceptors (Lipinski definition) is 5. The van der Waals surface area contributed by atoms with E-state index in [0.29, 0.717) is 44.0 Å². The lowest BCUT2D eigenvalue weighted by Crippen LogP contribution is -2.34. The number of benzene rings is 2. The molecule has 2 aromatic carbocycles. The van der Waals surface area contributed by atoms with Gasteiger partial charge in [0.15, 0.2) is 5.96 Å². The maximum Gasteiger partial charge on any atom is 0.193 e. The highest BCUT2D eigenvalue weighted by molar-refractivity contribution is 5.94. The normalized spacial score (nSPS) is 15.1. The Morgan fingerprint density at radius 2 is 1.81 bits per heavy atom. The second-order valence-electron chi connectivity index (χ2n) is 7.63. The van der Waals surface area contributed by atoms with Crippen molar-refractivity contribution < 1.29 is 14.6 Å². The zero-order valence-electron chi connectivity index (χ0n) is 18.5. The highest BCUT2D eigenvalue weighted by Gasteiger charge is 2.18. The summed E-state index contributed by atoms with van der Waals surface area (Å²) in [5.74, 6) is 2.22. The van der Waals surface area contributed by atoms with Gasteiger partial charge in [0.2, 0.25) is 0 Å². The van der Waals surface area contributed by atoms with Crippen molar-refractivity contribution in [1.29, 1.82) is 0 Å². The Kier molecular flexibility index (Phi) is 8.41. The van der Waals surface area contributed by atoms with E-state index in [4.69, 9.17) is 15.2 Å². The Hall–Kier alpha value is -2.93. The van der Waals surface area contributed by atoms with Crippen LogP contribution in [-0.2, 0) is 6.54 Å². The fourth-order valence-corrected chi connectivity index (χ4v) is 3.68. The van der Waals surface area contributed by atoms with Crippen molar-refractivity contribution in [3.05, 3.63) is 48.0 Å². The first-order valence-electron chi connectivity index (χ1n) is 11.0. The van der Waals surface area contributed by atoms with Crippen molar-refractivity contribution in [2.75, 3.05) is 43.1 Å². The minimum absolute atomic E-state index is 0.294. The lowest BCUT2D eigenvalue weighted by molar-refractivity contribution is 0.203. The van der Waals surface area contributed by atoms with Gasteiger partial charge in [0.05, 0.1) is 25.4 Å². The van der Waals surface area contributed by atoms with Crippen molar-refractivity contribution in [3.8, 4) is 11.5 Å². The molecule has 7 nitrogen and oxygen atoms in total. The molecule has 7 heteroatoms. The Bertz CT molecular complexity index is 846. The summed E-state index contributed by atoms with van der Waals surface area (Å²) < 4.78 is 11.2. The van der Waals surface area contributed by atoms with Crippen molar-refractivity contribution in [2.24, 2.45) is 16.6 Å². The molecule has 0 amide bonds. The molecular formula is C24H34N4O3. The second-order valence-corrected chi connectivity index (χ2v) is 7.63. The lowest BCUT2D eigenvalue weighted by Gasteiger charge is -2.32. The number of nitrogens with zero attached hydrogens (tertiary/aromatic N) is 2. The molecule has 168 valence electrons. The smallest absolute Gasteiger partial charge is 0.193 e. The van der Waals surface area contributed by atoms with Gasteiger partial charge in [-0.2, -0.15) is 0 Å². The molecule has 2 aromatic rings. The minimum atomic E-state index is 0.294. The second kappa shape index (κ2) is 11.5. The SMILES string of the molecule is CCOc1ccc(OCC)c(NC(N)=NCc2ccc(N3CCC(CO)CC3)cc2)c1. The van der Waals surface area contributed by atoms with Crippen LogP contribution in [0.3, 0.4) is 0 Å². The molecule has 1 saturated heterocycles. The van der Waals surface area contributed by atoms with E-state index in [1.807, 2.05) is 32.0 Å². The van der Waals surface area contributed by atoms with E-state index in [1.54, 1.807) is 0 Å². The first-order valence-corrected chi connectivity index (χ1v) is 11.0. The van der Waals surface area contributed by atoms with E-state index in [2.05, 4.69) is 39.5 Å². The van der Waals surface area contributed by atoms with Crippen LogP contribution in [0.1, 0.15) is 32.3 Å². The lowest BCUT2D eigenvalue weighted by atomic mass is 9.97. The molecule has 0 aromatic heterocycles. The average molecular weight is 427 g/mol. The zero-order chi connectivity index (χ0) is 22.1. The Morgan fingerprint density at radius 3 is 2.45 bits per heavy atom. The van der Waals surface area contributed by atoms with Crippen molar-refractivity contribution >= 4 is 17.3 Å². The summed E-state index contributed by atoms with van der Waals surface area (Å²) in [6, 6.07) is 14.1. The van der Waals surface area contributed by atoms with Crippen molar-refractivity contribution in [2.45, 2.75) is 33.2 Å². The molecule has 0 bridgehead atoms. The van der Waals surface area contributed by atoms with Gasteiger partial charge in [-0.15, -0.1) is 0 Å². The summed E-state index contributed by atoms with van der Waals surface area (Å²) in [4.78, 5) is 6.85. The first-order chi connectivity index (χ1) is 15.1. The minimum Gasteiger partial charge on any atom is -0.494 e. The topological polar surface area (TPSA) is 92.3 Å². The number of nitrogens with two attached hydrogens (primary N) is 1. The molecule has 4 N–H and O–H groups in total. The number of aliphatic hydroxyl groups excluding tert-OH is 1. The van der Waals surface area contributed by atoms with E-state index in [1.165, 1.54) is 5.69 Å². The zero-order valence-corrected chi connectivity index (χ0v) is 18.5. The van der Waals surface area contributed by atoms with E-state index in [-0.39, 0.29) is 0 Å². The van der Waals surface area contributed by atoms with Crippen LogP contribution in [0.15, 0.2) is 47.5 Å². The first kappa shape index (κ1) is 22.7. The van der Waals surface area contributed by atoms with Gasteiger partial charge >= 0.3 is 0 Å². The number of rotatable bonds is 9. The molecule has 1 heterocycles. The van der Waals surface area contributed by atoms with Crippen LogP contribution in [0.25, 0.3) is 0 Å². The third kappa shape index (κ3) is 6.52. The number of nitrogens with one attached hydrogen (secondary N) is 1. The Balaban J connectivity index is 1.60. The van der Waals surface area contributed by atoms with Gasteiger partial charge in [0.25, 0.3) is 0 Å². The Morgan fingerprint density at radius 1 is 1.10 bits per heavy atom. The molecule has 0 radical (unpaired) electrons. The standard InChI is InChI=1S/C24H34N4O3/c1-3-30-21-9-10-23(31-4-2)22(15-21)27-24(25)26-16-18-5-7-20(8-6-18)28-13-11-19(17-29)12-14-28/h5-10,15,19,29H,3-4,11-14,16-17H2,1-2H3,(H3,25,26,27). The molecule has 0 spiro atoms. The van der Waals surface area contributed by atoms with E-state index in [9.17, 15) is 5.11 Å². The number of guanidine groups is 1. The molecule has 0 aliphatic carbocycles. The number of anilines is 2. The fourth-order valence-electron chi connectivity index (χ4n) is 3.68. The van der Waals surface area contributed by atoms with Gasteiger partial charge in [0.1, 0.15) is 11.5 Å². The Labute approximate surface area is 184 Å². The van der Waals surface area contributed by atoms with Crippen molar-refractivity contribution in [3.63, 3.8) is 0 Å². The van der Waals surface area contributed by atoms with Crippen LogP contribution >= 0.6 is 0 Å². The van der Waals surface area contributed by atoms with Crippen LogP contribution in [-0.4, -0.2) is 44.0 Å². The number of aliphatic hydroxyl groups is 1. The summed E-state index contributed by atoms with van der Waals surface area (Å²) in [6.45, 7) is 7.79. The monoisotopic (exact) mass is 426 g/mol. The summed E-state index contributed by atoms with van der Waals surface area (Å²) in [5, 5.41) is 12.4. The summed E-state index contributed by atoms with van der Waals surface area (Å²) in [6.07, 6.45) is 2.08. The molecule has 3 rings (SSSR count). The largest absolute Gasteiger partial charge is 0.494 e. The molecule has 0 atom stereocenters. The summed E-state index contributed by atoms with van der Waals surface area (Å²) >= 11 is 0. The van der Waals surface area contributed by atoms with Crippen LogP contribution < -0.4 is 25.4 Å². The summed E-state index contributed by atoms with van der Waals surface area (Å²) in [5.41, 5.74) is 9.16. The van der Waals surface area contributed by atoms with E-state index in [0.717, 1.165) is 42.9 Å². The third-order valence-electron chi connectivity index (χ3n) is 5.43. The average Bonchev–Trinajstić information content (AvgIpc) is 2.80. The van der Waals surface area contributed by atoms with Gasteiger partial charge in [-0.05, 0) is 62.4 Å². The van der Waals surface area contributed by atoms with Gasteiger partial charge in [0, 0.05) is 31.5 Å². The van der Waals surface area contributed by atoms with Crippen LogP contribution in [0.5, 0.6) is 11.5 Å². The van der Waals surface area contributed by atoms with Crippen molar-refractivity contribution in [1.82, 2.24) is 0 Å². The van der Waals surface area contributed by atoms with Crippen LogP contribution in [0.4, 0.5) is 11.4 Å². The maximum atomic E-state index is 9.30. The number of ether oxygens (including phenoxy) is 2. The third-order valence-corrected chi connectivity index (χ3v) is 5.43. The van der Waals surface area contributed by atoms with Crippen LogP contribution in [0, 0.1) is 5.92 Å². The van der Waals surface area contributed by atoms with Gasteiger partial charge in [-0.1, -0.05) is 12.1 Å². The maximum absolute atomic E-state index is 9.30. The highest BCUT2D eigenvalue weighted by Crippen LogP contribution is 2.29. The van der Waals surface area contributed by atoms with Gasteiger partial charge < -0.3 is 30.5 Å². The van der Waals surface area contributed by atoms with E-state index >= 15 is 0 Å². The highest BCUT2D eigenvalue weighted by atomic mass is 16.5. The fraction of sp³-hybridized carbons (Fsp3) is 0.458. The quantitative estimate of drug-likeness (QED) is 0.419. The summed E-state index contributed by atoms with van der Waals surface area (Å²) in [7, 11) is 0. The van der Waals surface area contributed by atoms with E-state index < -0.39 is 0 Å². The van der Waals surface area contributed by atoms with Crippen LogP contribution in [0.2, 0.25) is 0 Å². The molecule has 0 saturated carbocycles. The van der Waals surface area contributed by atoms with Gasteiger partial charge in [-0.25, -0.2) is 4.99 Å². The number of piperidine rings is 1. The number of aliphatic imine (C=N–C) groups is 1. The predicted octanol–water partition coefficient (Wildman–Crippen LogP) is 3.62. The molecule has 1 aliphatic heterocycles. The molecule has 31 heavy (non-hydrogen) atoms.